The van der Waals surface area contributed by atoms with E-state index in [2.05, 4.69) is 49.1 Å². The molecule has 69 heavy (non-hydrogen) atoms. The van der Waals surface area contributed by atoms with Crippen molar-refractivity contribution in [2.75, 3.05) is 26.4 Å². The topological polar surface area (TPSA) is 261 Å². The highest BCUT2D eigenvalue weighted by Gasteiger charge is 2.77. The summed E-state index contributed by atoms with van der Waals surface area (Å²) in [7, 11) is 0. The molecule has 5 saturated carbocycles. The van der Waals surface area contributed by atoms with Gasteiger partial charge in [-0.25, -0.2) is 4.98 Å². The van der Waals surface area contributed by atoms with Gasteiger partial charge in [0, 0.05) is 42.3 Å². The smallest absolute Gasteiger partial charge is 0.310 e. The molecule has 0 spiro atoms. The number of allylic oxidation sites excluding steroid dienone is 2. The SMILES string of the molecule is CC[C@@H]1C[C@@]2(C(=O)O)CC[C@](C)(CO)C[C@H]2C2=CC[C@@H]3[C@@]4(C5CCCCC5)[C@H](C[C@@H]5CC(=O)N[C@H]5[C@H](CCCN)c5cnc[nH]5)[C@@H](O)[C@@H](O[C@@H]5OC[C@@H](O)[C@H](O)[C@H]5O)[C@@](C)(CO)[C@H]4CC[C@@]3(C)[C@@]21C. The molecule has 0 radical (unpaired) electrons. The maximum absolute atomic E-state index is 13.9. The third-order valence-electron chi connectivity index (χ3n) is 22.0. The van der Waals surface area contributed by atoms with Crippen LogP contribution in [0.5, 0.6) is 0 Å². The number of fused-ring (bicyclic) bond motifs is 7. The lowest BCUT2D eigenvalue weighted by Crippen LogP contribution is -2.75. The van der Waals surface area contributed by atoms with Crippen molar-refractivity contribution in [1.29, 1.82) is 0 Å². The van der Waals surface area contributed by atoms with Gasteiger partial charge in [-0.1, -0.05) is 72.0 Å². The van der Waals surface area contributed by atoms with Crippen LogP contribution in [0.2, 0.25) is 0 Å². The molecular formula is C54H86N4O11. The van der Waals surface area contributed by atoms with E-state index in [1.807, 2.05) is 13.1 Å². The van der Waals surface area contributed by atoms with Gasteiger partial charge in [-0.3, -0.25) is 9.59 Å². The van der Waals surface area contributed by atoms with Gasteiger partial charge in [0.15, 0.2) is 6.29 Å². The van der Waals surface area contributed by atoms with Crippen molar-refractivity contribution in [3.63, 3.8) is 0 Å². The zero-order valence-electron chi connectivity index (χ0n) is 42.0. The van der Waals surface area contributed by atoms with E-state index in [0.717, 1.165) is 63.5 Å². The lowest BCUT2D eigenvalue weighted by molar-refractivity contribution is -0.350. The number of carbonyl (C=O) groups excluding carboxylic acids is 1. The maximum Gasteiger partial charge on any atom is 0.310 e. The number of aliphatic hydroxyl groups is 6. The van der Waals surface area contributed by atoms with Crippen LogP contribution in [0.4, 0.5) is 0 Å². The first-order valence-electron chi connectivity index (χ1n) is 27.0. The predicted molar refractivity (Wildman–Crippen MR) is 257 cm³/mol. The van der Waals surface area contributed by atoms with Crippen molar-refractivity contribution in [1.82, 2.24) is 15.3 Å². The molecule has 3 heterocycles. The molecule has 2 aliphatic heterocycles. The molecule has 388 valence electrons. The van der Waals surface area contributed by atoms with E-state index in [-0.39, 0.29) is 85.0 Å². The number of carboxylic acid groups (broad SMARTS) is 1. The van der Waals surface area contributed by atoms with Gasteiger partial charge in [-0.2, -0.15) is 0 Å². The van der Waals surface area contributed by atoms with Gasteiger partial charge in [0.2, 0.25) is 5.91 Å². The van der Waals surface area contributed by atoms with Crippen LogP contribution in [-0.4, -0.2) is 127 Å². The summed E-state index contributed by atoms with van der Waals surface area (Å²) in [5, 5.41) is 84.2. The van der Waals surface area contributed by atoms with Gasteiger partial charge in [-0.15, -0.1) is 0 Å². The Morgan fingerprint density at radius 3 is 2.38 bits per heavy atom. The van der Waals surface area contributed by atoms with Gasteiger partial charge in [0.25, 0.3) is 0 Å². The fourth-order valence-electron chi connectivity index (χ4n) is 18.4. The van der Waals surface area contributed by atoms with Crippen LogP contribution >= 0.6 is 0 Å². The number of nitrogens with zero attached hydrogens (tertiary/aromatic N) is 1. The molecule has 9 rings (SSSR count). The molecule has 1 amide bonds. The number of rotatable bonds is 14. The van der Waals surface area contributed by atoms with Crippen molar-refractivity contribution in [2.24, 2.45) is 79.6 Å². The quantitative estimate of drug-likeness (QED) is 0.0853. The van der Waals surface area contributed by atoms with Crippen molar-refractivity contribution in [2.45, 2.75) is 193 Å². The third kappa shape index (κ3) is 7.77. The number of ether oxygens (including phenoxy) is 2. The molecule has 6 aliphatic carbocycles. The Bertz CT molecular complexity index is 2030. The minimum atomic E-state index is -1.61. The summed E-state index contributed by atoms with van der Waals surface area (Å²) in [5.74, 6) is -1.77. The van der Waals surface area contributed by atoms with Crippen molar-refractivity contribution >= 4 is 11.9 Å². The number of nitrogens with one attached hydrogen (secondary N) is 2. The van der Waals surface area contributed by atoms with E-state index in [9.17, 15) is 45.3 Å². The minimum absolute atomic E-state index is 0.00471. The standard InChI is InChI=1S/C54H86N4O11/c1-6-31-23-53(48(66)67)19-18-49(2,27-59)24-36(53)34-14-15-40-51(4,52(31,34)5)17-16-39-50(3,28-60)46(69-47-45(65)44(64)38(61)26-68-47)43(63)35(54(39,40)32-11-8-7-9-12-32)21-30-22-41(62)58-42(30)33(13-10-20-55)37-25-56-29-57-37/h14,25,29-33,35-36,38-40,42-47,59-61,63-65H,6-13,15-24,26-28,55H2,1-5H3,(H,56,57)(H,58,62)(H,66,67)/t30-,31-,33-,35-,36+,38-,39-,40+,42-,43-,44+,45-,46-,47+,49+,50+,51-,52-,53+,54+/m1/s1. The van der Waals surface area contributed by atoms with E-state index in [1.165, 1.54) is 5.57 Å². The van der Waals surface area contributed by atoms with Crippen molar-refractivity contribution in [3.05, 3.63) is 29.9 Å². The van der Waals surface area contributed by atoms with Gasteiger partial charge in [-0.05, 0) is 147 Å². The van der Waals surface area contributed by atoms with Gasteiger partial charge < -0.3 is 61.3 Å². The third-order valence-corrected chi connectivity index (χ3v) is 22.0. The zero-order valence-corrected chi connectivity index (χ0v) is 42.0. The van der Waals surface area contributed by atoms with Crippen LogP contribution in [0.15, 0.2) is 24.2 Å². The number of imidazole rings is 1. The number of carbonyl (C=O) groups is 2. The molecule has 1 aromatic rings. The average molecular weight is 967 g/mol. The summed E-state index contributed by atoms with van der Waals surface area (Å²) in [6.07, 6.45) is 10.5. The van der Waals surface area contributed by atoms with E-state index in [1.54, 1.807) is 6.33 Å². The molecule has 20 atom stereocenters. The number of carboxylic acids is 1. The summed E-state index contributed by atoms with van der Waals surface area (Å²) >= 11 is 0. The maximum atomic E-state index is 13.9. The second-order valence-electron chi connectivity index (χ2n) is 24.9. The number of nitrogens with two attached hydrogens (primary N) is 1. The average Bonchev–Trinajstić information content (AvgIpc) is 4.01. The monoisotopic (exact) mass is 967 g/mol. The predicted octanol–water partition coefficient (Wildman–Crippen LogP) is 5.18. The highest BCUT2D eigenvalue weighted by atomic mass is 16.7. The highest BCUT2D eigenvalue weighted by Crippen LogP contribution is 2.80. The van der Waals surface area contributed by atoms with Crippen LogP contribution in [0.1, 0.15) is 155 Å². The summed E-state index contributed by atoms with van der Waals surface area (Å²) in [4.78, 5) is 35.5. The minimum Gasteiger partial charge on any atom is -0.481 e. The lowest BCUT2D eigenvalue weighted by Gasteiger charge is -2.77. The fourth-order valence-corrected chi connectivity index (χ4v) is 18.4. The van der Waals surface area contributed by atoms with Crippen molar-refractivity contribution in [3.8, 4) is 0 Å². The van der Waals surface area contributed by atoms with Gasteiger partial charge in [0.05, 0.1) is 37.2 Å². The second-order valence-corrected chi connectivity index (χ2v) is 24.9. The van der Waals surface area contributed by atoms with Crippen LogP contribution in [-0.2, 0) is 19.1 Å². The number of aliphatic carboxylic acids is 1. The van der Waals surface area contributed by atoms with E-state index in [4.69, 9.17) is 15.2 Å². The Morgan fingerprint density at radius 1 is 0.971 bits per heavy atom. The number of aromatic amines is 1. The molecule has 0 bridgehead atoms. The molecule has 0 unspecified atom stereocenters. The van der Waals surface area contributed by atoms with Crippen LogP contribution in [0, 0.1) is 73.9 Å². The first-order chi connectivity index (χ1) is 32.8. The molecule has 1 aromatic heterocycles. The van der Waals surface area contributed by atoms with Crippen LogP contribution in [0.25, 0.3) is 0 Å². The number of hydrogen-bond donors (Lipinski definition) is 10. The molecule has 0 aromatic carbocycles. The second kappa shape index (κ2) is 19.1. The van der Waals surface area contributed by atoms with E-state index < -0.39 is 75.8 Å². The fraction of sp³-hybridized carbons (Fsp3) is 0.870. The summed E-state index contributed by atoms with van der Waals surface area (Å²) < 4.78 is 12.8. The van der Waals surface area contributed by atoms with Crippen molar-refractivity contribution < 1.29 is 54.8 Å². The summed E-state index contributed by atoms with van der Waals surface area (Å²) in [5.41, 5.74) is 4.52. The molecule has 15 nitrogen and oxygen atoms in total. The Labute approximate surface area is 409 Å². The Morgan fingerprint density at radius 2 is 1.72 bits per heavy atom. The normalized spacial score (nSPS) is 48.3. The molecule has 11 N–H and O–H groups in total. The molecule has 8 aliphatic rings. The molecular weight excluding hydrogens is 881 g/mol. The largest absolute Gasteiger partial charge is 0.481 e. The first-order valence-corrected chi connectivity index (χ1v) is 27.0. The van der Waals surface area contributed by atoms with Crippen LogP contribution in [0.3, 0.4) is 0 Å². The first kappa shape index (κ1) is 51.4. The number of amides is 1. The molecule has 15 heteroatoms. The Balaban J connectivity index is 1.24. The van der Waals surface area contributed by atoms with E-state index >= 15 is 0 Å². The summed E-state index contributed by atoms with van der Waals surface area (Å²) in [6.45, 7) is 11.2. The van der Waals surface area contributed by atoms with Gasteiger partial charge >= 0.3 is 5.97 Å². The number of aromatic nitrogens is 2. The number of aliphatic hydroxyl groups excluding tert-OH is 6. The zero-order chi connectivity index (χ0) is 49.5. The Hall–Kier alpha value is -2.47. The van der Waals surface area contributed by atoms with Gasteiger partial charge in [0.1, 0.15) is 18.3 Å². The molecule has 7 fully saturated rings. The number of hydrogen-bond acceptors (Lipinski definition) is 12. The van der Waals surface area contributed by atoms with E-state index in [0.29, 0.717) is 51.5 Å². The summed E-state index contributed by atoms with van der Waals surface area (Å²) in [6, 6.07) is -0.284. The number of H-pyrrole nitrogens is 1. The lowest BCUT2D eigenvalue weighted by atomic mass is 9.28. The van der Waals surface area contributed by atoms with Crippen LogP contribution < -0.4 is 11.1 Å². The highest BCUT2D eigenvalue weighted by molar-refractivity contribution is 5.79. The molecule has 2 saturated heterocycles. The Kier molecular flexibility index (Phi) is 14.2.